The average Bonchev–Trinajstić information content (AvgIpc) is 3.06. The molecule has 1 aromatic carbocycles. The summed E-state index contributed by atoms with van der Waals surface area (Å²) < 4.78 is 14.8. The van der Waals surface area contributed by atoms with Gasteiger partial charge in [0.2, 0.25) is 0 Å². The zero-order chi connectivity index (χ0) is 16.8. The molecule has 128 valence electrons. The van der Waals surface area contributed by atoms with Gasteiger partial charge >= 0.3 is 0 Å². The van der Waals surface area contributed by atoms with Crippen LogP contribution in [0.5, 0.6) is 0 Å². The number of halogens is 1. The molecule has 6 heteroatoms. The molecule has 0 saturated carbocycles. The highest BCUT2D eigenvalue weighted by atomic mass is 19.1. The maximum absolute atomic E-state index is 12.9. The Bertz CT molecular complexity index is 660. The Kier molecular flexibility index (Phi) is 5.72. The van der Waals surface area contributed by atoms with E-state index in [1.54, 1.807) is 12.1 Å². The standard InChI is InChI=1S/C18H23FN4O/c19-16-5-3-15(4-6-16)2-1-10-22-11-7-18(8-12-22)23-14-17(9-13-24)20-21-23/h1-6,14,18,24H,7-13H2/b2-1+. The van der Waals surface area contributed by atoms with Crippen LogP contribution in [0.25, 0.3) is 6.08 Å². The highest BCUT2D eigenvalue weighted by Crippen LogP contribution is 2.21. The first-order valence-corrected chi connectivity index (χ1v) is 8.40. The molecule has 1 fully saturated rings. The van der Waals surface area contributed by atoms with E-state index in [0.717, 1.165) is 43.7 Å². The monoisotopic (exact) mass is 330 g/mol. The molecule has 0 radical (unpaired) electrons. The molecule has 2 heterocycles. The number of piperidine rings is 1. The Hall–Kier alpha value is -2.05. The van der Waals surface area contributed by atoms with Crippen LogP contribution >= 0.6 is 0 Å². The van der Waals surface area contributed by atoms with E-state index in [2.05, 4.69) is 21.3 Å². The molecule has 5 nitrogen and oxygen atoms in total. The molecule has 3 rings (SSSR count). The van der Waals surface area contributed by atoms with Crippen molar-refractivity contribution in [3.05, 3.63) is 53.6 Å². The lowest BCUT2D eigenvalue weighted by Crippen LogP contribution is -2.34. The number of hydrogen-bond donors (Lipinski definition) is 1. The van der Waals surface area contributed by atoms with Gasteiger partial charge in [-0.25, -0.2) is 9.07 Å². The van der Waals surface area contributed by atoms with Crippen molar-refractivity contribution >= 4 is 6.08 Å². The molecule has 1 aliphatic heterocycles. The first-order valence-electron chi connectivity index (χ1n) is 8.40. The van der Waals surface area contributed by atoms with Crippen LogP contribution < -0.4 is 0 Å². The summed E-state index contributed by atoms with van der Waals surface area (Å²) in [5, 5.41) is 17.2. The van der Waals surface area contributed by atoms with Gasteiger partial charge in [-0.15, -0.1) is 5.10 Å². The fourth-order valence-electron chi connectivity index (χ4n) is 3.00. The molecule has 24 heavy (non-hydrogen) atoms. The van der Waals surface area contributed by atoms with Crippen molar-refractivity contribution in [2.45, 2.75) is 25.3 Å². The lowest BCUT2D eigenvalue weighted by atomic mass is 10.1. The normalized spacial score (nSPS) is 16.9. The van der Waals surface area contributed by atoms with Gasteiger partial charge in [0.1, 0.15) is 5.82 Å². The Morgan fingerprint density at radius 2 is 1.96 bits per heavy atom. The number of aliphatic hydroxyl groups is 1. The number of aliphatic hydroxyl groups excluding tert-OH is 1. The summed E-state index contributed by atoms with van der Waals surface area (Å²) in [6, 6.07) is 6.92. The minimum Gasteiger partial charge on any atom is -0.396 e. The molecule has 0 atom stereocenters. The summed E-state index contributed by atoms with van der Waals surface area (Å²) >= 11 is 0. The van der Waals surface area contributed by atoms with E-state index in [-0.39, 0.29) is 12.4 Å². The van der Waals surface area contributed by atoms with E-state index in [9.17, 15) is 4.39 Å². The van der Waals surface area contributed by atoms with Gasteiger partial charge in [-0.05, 0) is 30.5 Å². The molecule has 0 spiro atoms. The highest BCUT2D eigenvalue weighted by molar-refractivity contribution is 5.48. The number of rotatable bonds is 6. The quantitative estimate of drug-likeness (QED) is 0.883. The van der Waals surface area contributed by atoms with Crippen molar-refractivity contribution < 1.29 is 9.50 Å². The van der Waals surface area contributed by atoms with Crippen LogP contribution in [0, 0.1) is 5.82 Å². The zero-order valence-corrected chi connectivity index (χ0v) is 13.7. The molecular weight excluding hydrogens is 307 g/mol. The predicted octanol–water partition coefficient (Wildman–Crippen LogP) is 2.30. The Morgan fingerprint density at radius 3 is 2.67 bits per heavy atom. The fraction of sp³-hybridized carbons (Fsp3) is 0.444. The summed E-state index contributed by atoms with van der Waals surface area (Å²) in [6.45, 7) is 3.05. The number of hydrogen-bond acceptors (Lipinski definition) is 4. The molecule has 0 unspecified atom stereocenters. The maximum Gasteiger partial charge on any atom is 0.123 e. The summed E-state index contributed by atoms with van der Waals surface area (Å²) in [4.78, 5) is 2.40. The SMILES string of the molecule is OCCc1cn(C2CCN(C/C=C/c3ccc(F)cc3)CC2)nn1. The maximum atomic E-state index is 12.9. The number of benzene rings is 1. The summed E-state index contributed by atoms with van der Waals surface area (Å²) in [6.07, 6.45) is 8.77. The first kappa shape index (κ1) is 16.8. The predicted molar refractivity (Wildman–Crippen MR) is 91.0 cm³/mol. The van der Waals surface area contributed by atoms with E-state index < -0.39 is 0 Å². The second-order valence-corrected chi connectivity index (χ2v) is 6.15. The molecule has 1 aliphatic rings. The summed E-state index contributed by atoms with van der Waals surface area (Å²) in [5.74, 6) is -0.204. The number of nitrogens with zero attached hydrogens (tertiary/aromatic N) is 4. The lowest BCUT2D eigenvalue weighted by molar-refractivity contribution is 0.194. The third kappa shape index (κ3) is 4.49. The van der Waals surface area contributed by atoms with Gasteiger partial charge < -0.3 is 5.11 Å². The van der Waals surface area contributed by atoms with Crippen LogP contribution in [0.4, 0.5) is 4.39 Å². The van der Waals surface area contributed by atoms with Gasteiger partial charge in [0.05, 0.1) is 11.7 Å². The van der Waals surface area contributed by atoms with E-state index in [0.29, 0.717) is 12.5 Å². The van der Waals surface area contributed by atoms with Crippen molar-refractivity contribution in [1.29, 1.82) is 0 Å². The van der Waals surface area contributed by atoms with Crippen molar-refractivity contribution in [2.24, 2.45) is 0 Å². The van der Waals surface area contributed by atoms with E-state index in [4.69, 9.17) is 5.11 Å². The first-order chi connectivity index (χ1) is 11.7. The second-order valence-electron chi connectivity index (χ2n) is 6.15. The minimum atomic E-state index is -0.204. The third-order valence-corrected chi connectivity index (χ3v) is 4.40. The Balaban J connectivity index is 1.45. The van der Waals surface area contributed by atoms with Crippen LogP contribution in [-0.2, 0) is 6.42 Å². The van der Waals surface area contributed by atoms with Gasteiger partial charge in [0.15, 0.2) is 0 Å². The molecular formula is C18H23FN4O. The zero-order valence-electron chi connectivity index (χ0n) is 13.7. The van der Waals surface area contributed by atoms with Gasteiger partial charge in [0, 0.05) is 38.9 Å². The molecule has 1 saturated heterocycles. The van der Waals surface area contributed by atoms with Crippen LogP contribution in [0.15, 0.2) is 36.5 Å². The Morgan fingerprint density at radius 1 is 1.21 bits per heavy atom. The highest BCUT2D eigenvalue weighted by Gasteiger charge is 2.20. The van der Waals surface area contributed by atoms with Gasteiger partial charge in [-0.3, -0.25) is 4.90 Å². The minimum absolute atomic E-state index is 0.109. The molecule has 1 aromatic heterocycles. The molecule has 1 N–H and O–H groups in total. The largest absolute Gasteiger partial charge is 0.396 e. The smallest absolute Gasteiger partial charge is 0.123 e. The average molecular weight is 330 g/mol. The molecule has 0 amide bonds. The third-order valence-electron chi connectivity index (χ3n) is 4.40. The molecule has 0 bridgehead atoms. The summed E-state index contributed by atoms with van der Waals surface area (Å²) in [7, 11) is 0. The molecule has 0 aliphatic carbocycles. The number of likely N-dealkylation sites (tertiary alicyclic amines) is 1. The van der Waals surface area contributed by atoms with Gasteiger partial charge in [-0.1, -0.05) is 29.5 Å². The van der Waals surface area contributed by atoms with Crippen molar-refractivity contribution in [1.82, 2.24) is 19.9 Å². The van der Waals surface area contributed by atoms with E-state index in [1.165, 1.54) is 12.1 Å². The van der Waals surface area contributed by atoms with Crippen molar-refractivity contribution in [3.8, 4) is 0 Å². The van der Waals surface area contributed by atoms with Gasteiger partial charge in [-0.2, -0.15) is 0 Å². The fourth-order valence-corrected chi connectivity index (χ4v) is 3.00. The van der Waals surface area contributed by atoms with Crippen LogP contribution in [-0.4, -0.2) is 51.2 Å². The van der Waals surface area contributed by atoms with Gasteiger partial charge in [0.25, 0.3) is 0 Å². The van der Waals surface area contributed by atoms with Crippen molar-refractivity contribution in [2.75, 3.05) is 26.2 Å². The van der Waals surface area contributed by atoms with Crippen molar-refractivity contribution in [3.63, 3.8) is 0 Å². The summed E-state index contributed by atoms with van der Waals surface area (Å²) in [5.41, 5.74) is 1.87. The van der Waals surface area contributed by atoms with Crippen LogP contribution in [0.1, 0.15) is 30.1 Å². The second kappa shape index (κ2) is 8.17. The van der Waals surface area contributed by atoms with E-state index in [1.807, 2.05) is 17.0 Å². The number of aromatic nitrogens is 3. The topological polar surface area (TPSA) is 54.2 Å². The molecule has 2 aromatic rings. The lowest BCUT2D eigenvalue weighted by Gasteiger charge is -2.30. The van der Waals surface area contributed by atoms with E-state index >= 15 is 0 Å². The van der Waals surface area contributed by atoms with Crippen LogP contribution in [0.3, 0.4) is 0 Å². The Labute approximate surface area is 141 Å². The van der Waals surface area contributed by atoms with Crippen LogP contribution in [0.2, 0.25) is 0 Å².